The summed E-state index contributed by atoms with van der Waals surface area (Å²) in [5, 5.41) is 0. The highest BCUT2D eigenvalue weighted by atomic mass is 14.9. The Labute approximate surface area is 161 Å². The molecule has 146 valence electrons. The third-order valence-electron chi connectivity index (χ3n) is 5.62. The molecule has 2 rings (SSSR count). The topological polar surface area (TPSA) is 28.7 Å². The zero-order valence-electron chi connectivity index (χ0n) is 17.2. The summed E-state index contributed by atoms with van der Waals surface area (Å²) in [5.41, 5.74) is 2.26. The van der Waals surface area contributed by atoms with Crippen LogP contribution < -0.4 is 0 Å². The van der Waals surface area contributed by atoms with E-state index in [1.807, 2.05) is 0 Å². The summed E-state index contributed by atoms with van der Waals surface area (Å²) in [6.45, 7) is 4.59. The molecule has 0 aliphatic rings. The molecule has 2 heteroatoms. The van der Waals surface area contributed by atoms with Crippen molar-refractivity contribution in [3.8, 4) is 0 Å². The minimum atomic E-state index is 0.537. The quantitative estimate of drug-likeness (QED) is 0.320. The number of unbranched alkanes of at least 4 members (excludes halogenated alkanes) is 12. The number of aromatic amines is 1. The monoisotopic (exact) mass is 356 g/mol. The van der Waals surface area contributed by atoms with E-state index < -0.39 is 0 Å². The van der Waals surface area contributed by atoms with E-state index in [1.54, 1.807) is 0 Å². The predicted molar refractivity (Wildman–Crippen MR) is 115 cm³/mol. The molecule has 1 aromatic heterocycles. The zero-order valence-corrected chi connectivity index (χ0v) is 17.2. The van der Waals surface area contributed by atoms with E-state index in [1.165, 1.54) is 95.4 Å². The molecule has 0 fully saturated rings. The maximum absolute atomic E-state index is 4.74. The molecule has 1 N–H and O–H groups in total. The third-order valence-corrected chi connectivity index (χ3v) is 5.62. The number of aromatic nitrogens is 2. The normalized spacial score (nSPS) is 12.7. The summed E-state index contributed by atoms with van der Waals surface area (Å²) in [6, 6.07) is 8.34. The van der Waals surface area contributed by atoms with Crippen LogP contribution in [0.1, 0.15) is 115 Å². The first-order chi connectivity index (χ1) is 12.8. The van der Waals surface area contributed by atoms with Crippen molar-refractivity contribution in [2.24, 2.45) is 0 Å². The van der Waals surface area contributed by atoms with Gasteiger partial charge < -0.3 is 4.98 Å². The lowest BCUT2D eigenvalue weighted by atomic mass is 10.0. The molecule has 1 unspecified atom stereocenters. The first kappa shape index (κ1) is 21.0. The molecular formula is C24H40N2. The standard InChI is InChI=1S/C24H40N2/c1-3-4-5-6-7-8-9-10-11-12-13-14-15-18-21(2)24-25-22-19-16-17-20-23(22)26-24/h16-17,19-21H,3-15,18H2,1-2H3,(H,25,26). The van der Waals surface area contributed by atoms with Crippen LogP contribution in [0.2, 0.25) is 0 Å². The molecule has 0 bridgehead atoms. The lowest BCUT2D eigenvalue weighted by Crippen LogP contribution is -1.96. The Kier molecular flexibility index (Phi) is 10.5. The number of rotatable bonds is 15. The van der Waals surface area contributed by atoms with Crippen molar-refractivity contribution < 1.29 is 0 Å². The molecule has 2 aromatic rings. The van der Waals surface area contributed by atoms with Crippen molar-refractivity contribution in [2.45, 2.75) is 110 Å². The first-order valence-corrected chi connectivity index (χ1v) is 11.3. The van der Waals surface area contributed by atoms with Gasteiger partial charge >= 0.3 is 0 Å². The number of fused-ring (bicyclic) bond motifs is 1. The van der Waals surface area contributed by atoms with E-state index >= 15 is 0 Å². The molecule has 0 aliphatic heterocycles. The fourth-order valence-corrected chi connectivity index (χ4v) is 3.81. The predicted octanol–water partition coefficient (Wildman–Crippen LogP) is 8.15. The third kappa shape index (κ3) is 7.93. The van der Waals surface area contributed by atoms with Gasteiger partial charge in [-0.1, -0.05) is 109 Å². The summed E-state index contributed by atoms with van der Waals surface area (Å²) in [4.78, 5) is 8.22. The molecule has 0 saturated heterocycles. The van der Waals surface area contributed by atoms with Crippen LogP contribution in [-0.2, 0) is 0 Å². The number of nitrogens with zero attached hydrogens (tertiary/aromatic N) is 1. The number of benzene rings is 1. The van der Waals surface area contributed by atoms with Crippen LogP contribution in [0.5, 0.6) is 0 Å². The summed E-state index contributed by atoms with van der Waals surface area (Å²) in [7, 11) is 0. The number of H-pyrrole nitrogens is 1. The Morgan fingerprint density at radius 2 is 1.31 bits per heavy atom. The Morgan fingerprint density at radius 1 is 0.769 bits per heavy atom. The molecule has 0 aliphatic carbocycles. The van der Waals surface area contributed by atoms with Crippen LogP contribution in [0.25, 0.3) is 11.0 Å². The largest absolute Gasteiger partial charge is 0.342 e. The molecule has 0 spiro atoms. The summed E-state index contributed by atoms with van der Waals surface area (Å²) >= 11 is 0. The molecule has 1 atom stereocenters. The SMILES string of the molecule is CCCCCCCCCCCCCCCC(C)c1nc2ccccc2[nH]1. The Balaban J connectivity index is 1.43. The van der Waals surface area contributed by atoms with Crippen LogP contribution in [-0.4, -0.2) is 9.97 Å². The second kappa shape index (κ2) is 12.9. The number of hydrogen-bond acceptors (Lipinski definition) is 1. The molecule has 0 amide bonds. The van der Waals surface area contributed by atoms with Gasteiger partial charge in [0.25, 0.3) is 0 Å². The second-order valence-electron chi connectivity index (χ2n) is 8.07. The molecule has 26 heavy (non-hydrogen) atoms. The zero-order chi connectivity index (χ0) is 18.5. The lowest BCUT2D eigenvalue weighted by molar-refractivity contribution is 0.522. The maximum atomic E-state index is 4.74. The smallest absolute Gasteiger partial charge is 0.110 e. The van der Waals surface area contributed by atoms with Crippen molar-refractivity contribution in [3.63, 3.8) is 0 Å². The van der Waals surface area contributed by atoms with E-state index in [-0.39, 0.29) is 0 Å². The molecular weight excluding hydrogens is 316 g/mol. The average molecular weight is 357 g/mol. The number of imidazole rings is 1. The van der Waals surface area contributed by atoms with Gasteiger partial charge in [-0.05, 0) is 18.6 Å². The van der Waals surface area contributed by atoms with E-state index in [2.05, 4.69) is 43.1 Å². The van der Waals surface area contributed by atoms with Crippen LogP contribution in [0.15, 0.2) is 24.3 Å². The highest BCUT2D eigenvalue weighted by Crippen LogP contribution is 2.22. The van der Waals surface area contributed by atoms with Gasteiger partial charge in [0.1, 0.15) is 5.82 Å². The van der Waals surface area contributed by atoms with E-state index in [0.29, 0.717) is 5.92 Å². The van der Waals surface area contributed by atoms with Gasteiger partial charge in [0, 0.05) is 5.92 Å². The molecule has 0 saturated carbocycles. The Bertz CT molecular complexity index is 554. The van der Waals surface area contributed by atoms with Gasteiger partial charge in [-0.15, -0.1) is 0 Å². The Morgan fingerprint density at radius 3 is 1.88 bits per heavy atom. The van der Waals surface area contributed by atoms with Crippen molar-refractivity contribution in [1.82, 2.24) is 9.97 Å². The summed E-state index contributed by atoms with van der Waals surface area (Å²) < 4.78 is 0. The average Bonchev–Trinajstić information content (AvgIpc) is 3.09. The first-order valence-electron chi connectivity index (χ1n) is 11.3. The lowest BCUT2D eigenvalue weighted by Gasteiger charge is -2.08. The van der Waals surface area contributed by atoms with Crippen LogP contribution >= 0.6 is 0 Å². The van der Waals surface area contributed by atoms with Gasteiger partial charge in [-0.2, -0.15) is 0 Å². The minimum absolute atomic E-state index is 0.537. The molecule has 1 aromatic carbocycles. The van der Waals surface area contributed by atoms with Crippen molar-refractivity contribution >= 4 is 11.0 Å². The fraction of sp³-hybridized carbons (Fsp3) is 0.708. The second-order valence-corrected chi connectivity index (χ2v) is 8.07. The number of hydrogen-bond donors (Lipinski definition) is 1. The highest BCUT2D eigenvalue weighted by Gasteiger charge is 2.10. The van der Waals surface area contributed by atoms with E-state index in [4.69, 9.17) is 4.98 Å². The van der Waals surface area contributed by atoms with Gasteiger partial charge in [-0.3, -0.25) is 0 Å². The van der Waals surface area contributed by atoms with Gasteiger partial charge in [-0.25, -0.2) is 4.98 Å². The van der Waals surface area contributed by atoms with Crippen molar-refractivity contribution in [2.75, 3.05) is 0 Å². The van der Waals surface area contributed by atoms with E-state index in [0.717, 1.165) is 11.3 Å². The van der Waals surface area contributed by atoms with Crippen LogP contribution in [0.3, 0.4) is 0 Å². The van der Waals surface area contributed by atoms with E-state index in [9.17, 15) is 0 Å². The van der Waals surface area contributed by atoms with Crippen LogP contribution in [0.4, 0.5) is 0 Å². The molecule has 2 nitrogen and oxygen atoms in total. The fourth-order valence-electron chi connectivity index (χ4n) is 3.81. The number of nitrogens with one attached hydrogen (secondary N) is 1. The maximum Gasteiger partial charge on any atom is 0.110 e. The van der Waals surface area contributed by atoms with Crippen LogP contribution in [0, 0.1) is 0 Å². The van der Waals surface area contributed by atoms with Gasteiger partial charge in [0.15, 0.2) is 0 Å². The molecule has 0 radical (unpaired) electrons. The van der Waals surface area contributed by atoms with Gasteiger partial charge in [0.2, 0.25) is 0 Å². The molecule has 1 heterocycles. The minimum Gasteiger partial charge on any atom is -0.342 e. The van der Waals surface area contributed by atoms with Crippen molar-refractivity contribution in [1.29, 1.82) is 0 Å². The van der Waals surface area contributed by atoms with Crippen molar-refractivity contribution in [3.05, 3.63) is 30.1 Å². The highest BCUT2D eigenvalue weighted by molar-refractivity contribution is 5.74. The summed E-state index contributed by atoms with van der Waals surface area (Å²) in [5.74, 6) is 1.69. The van der Waals surface area contributed by atoms with Gasteiger partial charge in [0.05, 0.1) is 11.0 Å². The summed E-state index contributed by atoms with van der Waals surface area (Å²) in [6.07, 6.45) is 19.7. The Hall–Kier alpha value is -1.31. The number of para-hydroxylation sites is 2.